The average Bonchev–Trinajstić information content (AvgIpc) is 1.76. The van der Waals surface area contributed by atoms with E-state index in [0.717, 1.165) is 9.29 Å². The quantitative estimate of drug-likeness (QED) is 0.386. The monoisotopic (exact) mass is 84.0 g/mol. The smallest absolute Gasteiger partial charge is 0.148 e. The third kappa shape index (κ3) is 0.579. The van der Waals surface area contributed by atoms with Crippen LogP contribution >= 0.6 is 0 Å². The van der Waals surface area contributed by atoms with Gasteiger partial charge in [0.15, 0.2) is 0 Å². The van der Waals surface area contributed by atoms with E-state index in [-0.39, 0.29) is 0 Å². The van der Waals surface area contributed by atoms with Gasteiger partial charge in [-0.1, -0.05) is 5.67 Å². The first-order valence-electron chi connectivity index (χ1n) is 1.80. The minimum atomic E-state index is 0.934. The van der Waals surface area contributed by atoms with E-state index in [0.29, 0.717) is 0 Å². The molecule has 5 heavy (non-hydrogen) atoms. The van der Waals surface area contributed by atoms with Crippen molar-refractivity contribution in [2.75, 3.05) is 6.54 Å². The van der Waals surface area contributed by atoms with Crippen molar-refractivity contribution in [1.82, 2.24) is 4.98 Å². The second-order valence-electron chi connectivity index (χ2n) is 1.06. The lowest BCUT2D eigenvalue weighted by atomic mass is 10.5. The molecule has 1 rings (SSSR count). The Bertz CT molecular complexity index is 44.9. The van der Waals surface area contributed by atoms with E-state index in [9.17, 15) is 0 Å². The maximum atomic E-state index is 3.19. The highest BCUT2D eigenvalue weighted by molar-refractivity contribution is 6.45. The number of rotatable bonds is 0. The lowest BCUT2D eigenvalue weighted by Crippen LogP contribution is -2.04. The van der Waals surface area contributed by atoms with E-state index in [1.165, 1.54) is 13.0 Å². The van der Waals surface area contributed by atoms with Gasteiger partial charge < -0.3 is 4.98 Å². The largest absolute Gasteiger partial charge is 0.419 e. The van der Waals surface area contributed by atoms with E-state index in [1.807, 2.05) is 0 Å². The van der Waals surface area contributed by atoms with Gasteiger partial charge in [-0.05, 0) is 6.42 Å². The molecule has 0 aromatic rings. The summed E-state index contributed by atoms with van der Waals surface area (Å²) in [4.78, 5) is 3.19. The van der Waals surface area contributed by atoms with Crippen molar-refractivity contribution in [1.29, 1.82) is 0 Å². The summed E-state index contributed by atoms with van der Waals surface area (Å²) < 4.78 is 0. The molecule has 0 spiro atoms. The Morgan fingerprint density at radius 3 is 3.00 bits per heavy atom. The maximum absolute atomic E-state index is 3.19. The molecule has 1 heterocycles. The van der Waals surface area contributed by atoms with E-state index >= 15 is 0 Å². The molecule has 1 radical (unpaired) electrons. The van der Waals surface area contributed by atoms with Crippen molar-refractivity contribution in [2.24, 2.45) is 0 Å². The average molecular weight is 84.2 g/mol. The molecule has 27 valence electrons. The predicted molar refractivity (Wildman–Crippen MR) is 24.4 cm³/mol. The Labute approximate surface area is 33.9 Å². The first-order valence-corrected chi connectivity index (χ1v) is 2.88. The summed E-state index contributed by atoms with van der Waals surface area (Å²) in [7, 11) is 0.934. The zero-order valence-electron chi connectivity index (χ0n) is 2.99. The van der Waals surface area contributed by atoms with Crippen LogP contribution in [0, 0.1) is 0 Å². The molecule has 0 fully saturated rings. The zero-order chi connectivity index (χ0) is 3.54. The standard InChI is InChI=1S/C3H6NSi/c1-2-4-5-3-1/h3-4H,1-2H2. The van der Waals surface area contributed by atoms with Gasteiger partial charge >= 0.3 is 0 Å². The van der Waals surface area contributed by atoms with Crippen LogP contribution in [0.1, 0.15) is 6.42 Å². The van der Waals surface area contributed by atoms with Crippen molar-refractivity contribution >= 4 is 15.0 Å². The molecule has 0 saturated heterocycles. The Morgan fingerprint density at radius 2 is 2.80 bits per heavy atom. The molecule has 0 atom stereocenters. The van der Waals surface area contributed by atoms with Gasteiger partial charge in [-0.3, -0.25) is 0 Å². The highest BCUT2D eigenvalue weighted by Crippen LogP contribution is 1.68. The molecular formula is C3H6NSi. The second-order valence-corrected chi connectivity index (χ2v) is 2.11. The number of hydrogen-bond acceptors (Lipinski definition) is 1. The predicted octanol–water partition coefficient (Wildman–Crippen LogP) is -0.599. The first-order chi connectivity index (χ1) is 2.50. The molecule has 0 aromatic carbocycles. The van der Waals surface area contributed by atoms with Gasteiger partial charge in [0.25, 0.3) is 0 Å². The van der Waals surface area contributed by atoms with Gasteiger partial charge in [0.05, 0.1) is 0 Å². The lowest BCUT2D eigenvalue weighted by Gasteiger charge is -1.78. The normalized spacial score (nSPS) is 19.2. The van der Waals surface area contributed by atoms with E-state index < -0.39 is 0 Å². The van der Waals surface area contributed by atoms with E-state index in [2.05, 4.69) is 10.7 Å². The highest BCUT2D eigenvalue weighted by Gasteiger charge is 1.83. The van der Waals surface area contributed by atoms with Gasteiger partial charge in [0, 0.05) is 6.54 Å². The van der Waals surface area contributed by atoms with Crippen LogP contribution in [0.25, 0.3) is 0 Å². The van der Waals surface area contributed by atoms with Gasteiger partial charge in [-0.15, -0.1) is 0 Å². The lowest BCUT2D eigenvalue weighted by molar-refractivity contribution is 0.988. The summed E-state index contributed by atoms with van der Waals surface area (Å²) in [5.41, 5.74) is 2.28. The number of hydrogen-bond donors (Lipinski definition) is 1. The topological polar surface area (TPSA) is 12.0 Å². The summed E-state index contributed by atoms with van der Waals surface area (Å²) in [5.74, 6) is 0. The van der Waals surface area contributed by atoms with Crippen molar-refractivity contribution in [3.05, 3.63) is 0 Å². The van der Waals surface area contributed by atoms with E-state index in [4.69, 9.17) is 0 Å². The zero-order valence-corrected chi connectivity index (χ0v) is 3.99. The van der Waals surface area contributed by atoms with Crippen LogP contribution in [-0.2, 0) is 0 Å². The van der Waals surface area contributed by atoms with Crippen LogP contribution in [-0.4, -0.2) is 21.5 Å². The van der Waals surface area contributed by atoms with Crippen molar-refractivity contribution in [3.8, 4) is 0 Å². The Balaban J connectivity index is 2.32. The first kappa shape index (κ1) is 3.09. The maximum Gasteiger partial charge on any atom is 0.148 e. The van der Waals surface area contributed by atoms with Crippen molar-refractivity contribution < 1.29 is 0 Å². The van der Waals surface area contributed by atoms with Crippen molar-refractivity contribution in [2.45, 2.75) is 6.42 Å². The van der Waals surface area contributed by atoms with Gasteiger partial charge in [-0.2, -0.15) is 0 Å². The van der Waals surface area contributed by atoms with E-state index in [1.54, 1.807) is 0 Å². The second kappa shape index (κ2) is 1.36. The highest BCUT2D eigenvalue weighted by atomic mass is 28.2. The SMILES string of the molecule is C1=[Si]NCC1. The summed E-state index contributed by atoms with van der Waals surface area (Å²) in [6.45, 7) is 1.21. The number of nitrogens with one attached hydrogen (secondary N) is 1. The van der Waals surface area contributed by atoms with Crippen molar-refractivity contribution in [3.63, 3.8) is 0 Å². The minimum Gasteiger partial charge on any atom is -0.419 e. The third-order valence-electron chi connectivity index (χ3n) is 0.618. The van der Waals surface area contributed by atoms with Crippen LogP contribution in [0.3, 0.4) is 0 Å². The molecule has 0 saturated carbocycles. The summed E-state index contributed by atoms with van der Waals surface area (Å²) >= 11 is 0. The third-order valence-corrected chi connectivity index (χ3v) is 1.56. The molecule has 1 aliphatic heterocycles. The van der Waals surface area contributed by atoms with Gasteiger partial charge in [0.1, 0.15) is 9.29 Å². The summed E-state index contributed by atoms with van der Waals surface area (Å²) in [5, 5.41) is 0. The fourth-order valence-electron chi connectivity index (χ4n) is 0.361. The molecule has 0 unspecified atom stereocenters. The van der Waals surface area contributed by atoms with Crippen LogP contribution in [0.15, 0.2) is 0 Å². The summed E-state index contributed by atoms with van der Waals surface area (Å²) in [6.07, 6.45) is 1.28. The molecular weight excluding hydrogens is 78.1 g/mol. The Hall–Kier alpha value is -0.113. The van der Waals surface area contributed by atoms with Gasteiger partial charge in [0.2, 0.25) is 0 Å². The Kier molecular flexibility index (Phi) is 0.839. The summed E-state index contributed by atoms with van der Waals surface area (Å²) in [6, 6.07) is 0. The van der Waals surface area contributed by atoms with Gasteiger partial charge in [-0.25, -0.2) is 0 Å². The van der Waals surface area contributed by atoms with Crippen LogP contribution in [0.2, 0.25) is 0 Å². The molecule has 0 aliphatic carbocycles. The Morgan fingerprint density at radius 1 is 1.80 bits per heavy atom. The minimum absolute atomic E-state index is 0.934. The molecule has 0 bridgehead atoms. The van der Waals surface area contributed by atoms with Crippen LogP contribution in [0.5, 0.6) is 0 Å². The molecule has 2 heteroatoms. The fraction of sp³-hybridized carbons (Fsp3) is 0.667. The molecule has 1 N–H and O–H groups in total. The molecule has 1 nitrogen and oxygen atoms in total. The van der Waals surface area contributed by atoms with Crippen LogP contribution < -0.4 is 4.98 Å². The molecule has 0 amide bonds. The van der Waals surface area contributed by atoms with Crippen LogP contribution in [0.4, 0.5) is 0 Å². The molecule has 1 aliphatic rings. The molecule has 0 aromatic heterocycles. The fourth-order valence-corrected chi connectivity index (χ4v) is 1.08.